The standard InChI is InChI=1S/C28H26/c1-20(2)24-14-21(3)15-25(16-24)28-18-26(22-10-6-4-7-11-22)17-27(19-28)23-12-8-5-9-13-23/h4-20H,1-3H3. The van der Waals surface area contributed by atoms with E-state index in [1.54, 1.807) is 0 Å². The Morgan fingerprint density at radius 2 is 0.893 bits per heavy atom. The zero-order valence-corrected chi connectivity index (χ0v) is 16.8. The second-order valence-electron chi connectivity index (χ2n) is 7.82. The van der Waals surface area contributed by atoms with Gasteiger partial charge < -0.3 is 0 Å². The van der Waals surface area contributed by atoms with Crippen LogP contribution in [0.5, 0.6) is 0 Å². The fourth-order valence-corrected chi connectivity index (χ4v) is 3.70. The molecule has 0 spiro atoms. The van der Waals surface area contributed by atoms with Crippen molar-refractivity contribution in [3.05, 3.63) is 108 Å². The van der Waals surface area contributed by atoms with Crippen molar-refractivity contribution in [3.8, 4) is 33.4 Å². The molecular formula is C28H26. The van der Waals surface area contributed by atoms with E-state index in [0.717, 1.165) is 0 Å². The quantitative estimate of drug-likeness (QED) is 0.344. The fourth-order valence-electron chi connectivity index (χ4n) is 3.70. The Bertz CT molecular complexity index is 1020. The summed E-state index contributed by atoms with van der Waals surface area (Å²) < 4.78 is 0. The average Bonchev–Trinajstić information content (AvgIpc) is 2.74. The van der Waals surface area contributed by atoms with Crippen molar-refractivity contribution in [2.24, 2.45) is 0 Å². The molecule has 0 N–H and O–H groups in total. The lowest BCUT2D eigenvalue weighted by Gasteiger charge is -2.14. The molecule has 138 valence electrons. The summed E-state index contributed by atoms with van der Waals surface area (Å²) in [4.78, 5) is 0. The summed E-state index contributed by atoms with van der Waals surface area (Å²) in [5.41, 5.74) is 10.3. The highest BCUT2D eigenvalue weighted by Crippen LogP contribution is 2.34. The van der Waals surface area contributed by atoms with Gasteiger partial charge >= 0.3 is 0 Å². The predicted molar refractivity (Wildman–Crippen MR) is 122 cm³/mol. The minimum Gasteiger partial charge on any atom is -0.0622 e. The van der Waals surface area contributed by atoms with Crippen molar-refractivity contribution in [3.63, 3.8) is 0 Å². The Morgan fingerprint density at radius 3 is 1.36 bits per heavy atom. The maximum absolute atomic E-state index is 2.34. The molecule has 0 bridgehead atoms. The van der Waals surface area contributed by atoms with E-state index in [-0.39, 0.29) is 0 Å². The molecule has 0 atom stereocenters. The van der Waals surface area contributed by atoms with Gasteiger partial charge in [-0.1, -0.05) is 98.3 Å². The lowest BCUT2D eigenvalue weighted by molar-refractivity contribution is 0.865. The Kier molecular flexibility index (Phi) is 5.12. The molecule has 0 aromatic heterocycles. The molecule has 0 aliphatic carbocycles. The lowest BCUT2D eigenvalue weighted by atomic mass is 9.90. The molecule has 28 heavy (non-hydrogen) atoms. The van der Waals surface area contributed by atoms with Crippen LogP contribution in [0.3, 0.4) is 0 Å². The van der Waals surface area contributed by atoms with Crippen LogP contribution < -0.4 is 0 Å². The second kappa shape index (κ2) is 7.86. The van der Waals surface area contributed by atoms with Crippen molar-refractivity contribution in [2.75, 3.05) is 0 Å². The molecule has 0 saturated carbocycles. The van der Waals surface area contributed by atoms with Crippen LogP contribution in [-0.4, -0.2) is 0 Å². The van der Waals surface area contributed by atoms with Crippen LogP contribution in [0.15, 0.2) is 97.1 Å². The number of hydrogen-bond acceptors (Lipinski definition) is 0. The van der Waals surface area contributed by atoms with Gasteiger partial charge in [0.1, 0.15) is 0 Å². The Balaban J connectivity index is 1.92. The van der Waals surface area contributed by atoms with Crippen LogP contribution >= 0.6 is 0 Å². The summed E-state index contributed by atoms with van der Waals surface area (Å²) in [5.74, 6) is 0.518. The Morgan fingerprint density at radius 1 is 0.464 bits per heavy atom. The molecule has 4 aromatic carbocycles. The van der Waals surface area contributed by atoms with Gasteiger partial charge in [-0.15, -0.1) is 0 Å². The van der Waals surface area contributed by atoms with Gasteiger partial charge in [0.15, 0.2) is 0 Å². The first-order chi connectivity index (χ1) is 13.6. The van der Waals surface area contributed by atoms with Gasteiger partial charge in [0.05, 0.1) is 0 Å². The summed E-state index contributed by atoms with van der Waals surface area (Å²) >= 11 is 0. The van der Waals surface area contributed by atoms with E-state index in [1.165, 1.54) is 44.5 Å². The molecule has 0 aliphatic heterocycles. The highest BCUT2D eigenvalue weighted by molar-refractivity contribution is 5.81. The van der Waals surface area contributed by atoms with E-state index in [2.05, 4.69) is 118 Å². The molecule has 0 amide bonds. The van der Waals surface area contributed by atoms with Gasteiger partial charge in [0.25, 0.3) is 0 Å². The van der Waals surface area contributed by atoms with Gasteiger partial charge in [-0.3, -0.25) is 0 Å². The first kappa shape index (κ1) is 18.3. The van der Waals surface area contributed by atoms with Crippen molar-refractivity contribution < 1.29 is 0 Å². The molecule has 0 heterocycles. The van der Waals surface area contributed by atoms with E-state index in [9.17, 15) is 0 Å². The Hall–Kier alpha value is -3.12. The fraction of sp³-hybridized carbons (Fsp3) is 0.143. The monoisotopic (exact) mass is 362 g/mol. The third kappa shape index (κ3) is 3.92. The summed E-state index contributed by atoms with van der Waals surface area (Å²) in [7, 11) is 0. The maximum Gasteiger partial charge on any atom is -0.0171 e. The summed E-state index contributed by atoms with van der Waals surface area (Å²) in [6.45, 7) is 6.71. The highest BCUT2D eigenvalue weighted by atomic mass is 14.1. The van der Waals surface area contributed by atoms with Crippen LogP contribution in [0.2, 0.25) is 0 Å². The Labute approximate surface area is 168 Å². The molecule has 0 saturated heterocycles. The predicted octanol–water partition coefficient (Wildman–Crippen LogP) is 8.12. The average molecular weight is 363 g/mol. The molecule has 4 rings (SSSR count). The molecule has 4 aromatic rings. The minimum atomic E-state index is 0.518. The number of hydrogen-bond donors (Lipinski definition) is 0. The molecular weight excluding hydrogens is 336 g/mol. The van der Waals surface area contributed by atoms with Crippen molar-refractivity contribution in [1.29, 1.82) is 0 Å². The van der Waals surface area contributed by atoms with E-state index in [1.807, 2.05) is 0 Å². The molecule has 0 heteroatoms. The molecule has 0 nitrogen and oxygen atoms in total. The van der Waals surface area contributed by atoms with Crippen LogP contribution in [0.25, 0.3) is 33.4 Å². The number of benzene rings is 4. The van der Waals surface area contributed by atoms with E-state index in [4.69, 9.17) is 0 Å². The van der Waals surface area contributed by atoms with Gasteiger partial charge in [0.2, 0.25) is 0 Å². The number of aryl methyl sites for hydroxylation is 1. The lowest BCUT2D eigenvalue weighted by Crippen LogP contribution is -1.91. The zero-order chi connectivity index (χ0) is 19.5. The maximum atomic E-state index is 2.34. The van der Waals surface area contributed by atoms with Gasteiger partial charge in [-0.2, -0.15) is 0 Å². The smallest absolute Gasteiger partial charge is 0.0171 e. The number of rotatable bonds is 4. The first-order valence-electron chi connectivity index (χ1n) is 9.98. The molecule has 0 radical (unpaired) electrons. The second-order valence-corrected chi connectivity index (χ2v) is 7.82. The van der Waals surface area contributed by atoms with E-state index in [0.29, 0.717) is 5.92 Å². The third-order valence-electron chi connectivity index (χ3n) is 5.25. The van der Waals surface area contributed by atoms with E-state index < -0.39 is 0 Å². The van der Waals surface area contributed by atoms with Crippen molar-refractivity contribution >= 4 is 0 Å². The van der Waals surface area contributed by atoms with Crippen molar-refractivity contribution in [2.45, 2.75) is 26.7 Å². The SMILES string of the molecule is Cc1cc(-c2cc(-c3ccccc3)cc(-c3ccccc3)c2)cc(C(C)C)c1. The minimum absolute atomic E-state index is 0.518. The third-order valence-corrected chi connectivity index (χ3v) is 5.25. The topological polar surface area (TPSA) is 0 Å². The van der Waals surface area contributed by atoms with Crippen LogP contribution in [0, 0.1) is 6.92 Å². The summed E-state index contributed by atoms with van der Waals surface area (Å²) in [6.07, 6.45) is 0. The molecule has 0 unspecified atom stereocenters. The highest BCUT2D eigenvalue weighted by Gasteiger charge is 2.09. The normalized spacial score (nSPS) is 11.0. The van der Waals surface area contributed by atoms with Gasteiger partial charge in [-0.25, -0.2) is 0 Å². The largest absolute Gasteiger partial charge is 0.0622 e. The van der Waals surface area contributed by atoms with E-state index >= 15 is 0 Å². The molecule has 0 fully saturated rings. The summed E-state index contributed by atoms with van der Waals surface area (Å²) in [6, 6.07) is 35.2. The van der Waals surface area contributed by atoms with Crippen LogP contribution in [0.4, 0.5) is 0 Å². The zero-order valence-electron chi connectivity index (χ0n) is 16.8. The van der Waals surface area contributed by atoms with Crippen molar-refractivity contribution in [1.82, 2.24) is 0 Å². The van der Waals surface area contributed by atoms with Crippen LogP contribution in [0.1, 0.15) is 30.9 Å². The van der Waals surface area contributed by atoms with Gasteiger partial charge in [-0.05, 0) is 70.0 Å². The summed E-state index contributed by atoms with van der Waals surface area (Å²) in [5, 5.41) is 0. The van der Waals surface area contributed by atoms with Crippen LogP contribution in [-0.2, 0) is 0 Å². The molecule has 0 aliphatic rings. The van der Waals surface area contributed by atoms with Gasteiger partial charge in [0, 0.05) is 0 Å². The first-order valence-corrected chi connectivity index (χ1v) is 9.98.